The minimum Gasteiger partial charge on any atom is -0.748 e. The molecule has 2 heterocycles. The Hall–Kier alpha value is -6.15. The van der Waals surface area contributed by atoms with Crippen LogP contribution in [-0.2, 0) is 31.1 Å². The SMILES string of the molecule is CC1(C)C(/C=C/C2=C(N(c3ccccc3)c3ccccc3)C(=C/C=C3/N(CCCS(=O)(=O)[O-])c4ccc5ccccc5c4C3(C)C)/CC2)=[N+](CCCS(=O)(=O)[O-])c2ccc3ccccc3c21.CC[NH+](CC)CC. The van der Waals surface area contributed by atoms with Crippen LogP contribution in [0, 0.1) is 0 Å². The Kier molecular flexibility index (Phi) is 16.1. The number of anilines is 3. The molecule has 1 N–H and O–H groups in total. The van der Waals surface area contributed by atoms with Crippen LogP contribution in [0.2, 0.25) is 0 Å². The number of hydrogen-bond donors (Lipinski definition) is 1. The molecule has 12 heteroatoms. The third kappa shape index (κ3) is 11.5. The molecule has 0 saturated heterocycles. The second-order valence-electron chi connectivity index (χ2n) is 20.3. The topological polar surface area (TPSA) is 128 Å². The molecule has 0 bridgehead atoms. The zero-order valence-corrected chi connectivity index (χ0v) is 45.0. The van der Waals surface area contributed by atoms with Crippen molar-refractivity contribution >= 4 is 70.2 Å². The first-order valence-electron chi connectivity index (χ1n) is 25.8. The molecule has 0 radical (unpaired) electrons. The largest absolute Gasteiger partial charge is 0.748 e. The third-order valence-corrected chi connectivity index (χ3v) is 16.5. The number of para-hydroxylation sites is 2. The van der Waals surface area contributed by atoms with Gasteiger partial charge in [0.1, 0.15) is 6.54 Å². The molecule has 9 rings (SSSR count). The van der Waals surface area contributed by atoms with Crippen molar-refractivity contribution in [1.29, 1.82) is 0 Å². The number of nitrogens with zero attached hydrogens (tertiary/aromatic N) is 3. The lowest BCUT2D eigenvalue weighted by atomic mass is 9.79. The Balaban J connectivity index is 0.000000948. The van der Waals surface area contributed by atoms with Gasteiger partial charge >= 0.3 is 0 Å². The first-order chi connectivity index (χ1) is 34.9. The van der Waals surface area contributed by atoms with E-state index in [-0.39, 0.29) is 12.8 Å². The van der Waals surface area contributed by atoms with E-state index in [1.807, 2.05) is 60.7 Å². The van der Waals surface area contributed by atoms with Crippen molar-refractivity contribution in [2.45, 2.75) is 85.0 Å². The lowest BCUT2D eigenvalue weighted by Crippen LogP contribution is -3.11. The molecule has 0 saturated carbocycles. The van der Waals surface area contributed by atoms with Crippen molar-refractivity contribution in [1.82, 2.24) is 0 Å². The van der Waals surface area contributed by atoms with E-state index in [0.717, 1.165) is 85.4 Å². The molecule has 10 nitrogen and oxygen atoms in total. The average Bonchev–Trinajstić information content (AvgIpc) is 3.94. The van der Waals surface area contributed by atoms with Crippen LogP contribution in [0.25, 0.3) is 21.5 Å². The van der Waals surface area contributed by atoms with Gasteiger partial charge in [-0.25, -0.2) is 16.8 Å². The number of rotatable bonds is 17. The number of hydrogen-bond acceptors (Lipinski definition) is 8. The predicted octanol–water partition coefficient (Wildman–Crippen LogP) is 11.2. The number of fused-ring (bicyclic) bond motifs is 6. The van der Waals surface area contributed by atoms with Crippen molar-refractivity contribution in [3.8, 4) is 0 Å². The monoisotopic (exact) mass is 1020 g/mol. The van der Waals surface area contributed by atoms with Gasteiger partial charge in [0.15, 0.2) is 5.71 Å². The lowest BCUT2D eigenvalue weighted by molar-refractivity contribution is -0.894. The summed E-state index contributed by atoms with van der Waals surface area (Å²) in [5, 5.41) is 4.52. The Morgan fingerprint density at radius 3 is 1.71 bits per heavy atom. The van der Waals surface area contributed by atoms with Crippen LogP contribution in [0.3, 0.4) is 0 Å². The van der Waals surface area contributed by atoms with E-state index in [1.165, 1.54) is 30.8 Å². The van der Waals surface area contributed by atoms with Gasteiger partial charge in [0.05, 0.1) is 51.0 Å². The predicted molar refractivity (Wildman–Crippen MR) is 299 cm³/mol. The molecule has 0 fully saturated rings. The second-order valence-corrected chi connectivity index (χ2v) is 23.3. The van der Waals surface area contributed by atoms with Crippen molar-refractivity contribution in [2.24, 2.45) is 0 Å². The average molecular weight is 1020 g/mol. The van der Waals surface area contributed by atoms with Crippen molar-refractivity contribution < 1.29 is 35.4 Å². The number of allylic oxidation sites excluding steroid dienone is 7. The Morgan fingerprint density at radius 2 is 1.15 bits per heavy atom. The standard InChI is InChI=1S/C55H55N3O6S2.C6H15N/c1-54(2)49(56(35-15-37-65(59,60)61)47-31-27-39-17-11-13-23-45(39)51(47)54)33-29-41-25-26-42(53(41)58(43-19-7-5-8-20-43)44-21-9-6-10-22-44)30-34-50-55(3,4)52-46-24-14-12-18-40(46)28-32-48(52)57(50)36-16-38-66(62,63)64;1-4-7(5-2)6-3/h5-14,17-24,27-34H,15-16,25-26,35-38H2,1-4H3,(H-,59,60,61,62,63,64);4-6H2,1-3H3. The summed E-state index contributed by atoms with van der Waals surface area (Å²) in [4.78, 5) is 6.20. The quantitative estimate of drug-likeness (QED) is 0.0707. The van der Waals surface area contributed by atoms with Gasteiger partial charge in [0, 0.05) is 70.4 Å². The minimum absolute atomic E-state index is 0.191. The van der Waals surface area contributed by atoms with Crippen LogP contribution in [0.4, 0.5) is 22.7 Å². The summed E-state index contributed by atoms with van der Waals surface area (Å²) in [7, 11) is -8.80. The normalized spacial score (nSPS) is 17.4. The van der Waals surface area contributed by atoms with Gasteiger partial charge in [-0.05, 0) is 135 Å². The van der Waals surface area contributed by atoms with Gasteiger partial charge < -0.3 is 23.8 Å². The molecule has 1 aliphatic carbocycles. The molecule has 0 unspecified atom stereocenters. The van der Waals surface area contributed by atoms with Gasteiger partial charge in [-0.2, -0.15) is 4.58 Å². The van der Waals surface area contributed by atoms with E-state index in [2.05, 4.69) is 160 Å². The molecule has 0 amide bonds. The van der Waals surface area contributed by atoms with E-state index in [9.17, 15) is 25.9 Å². The van der Waals surface area contributed by atoms with E-state index in [4.69, 9.17) is 0 Å². The van der Waals surface area contributed by atoms with Crippen LogP contribution in [0.1, 0.15) is 85.3 Å². The van der Waals surface area contributed by atoms with Crippen LogP contribution in [0.5, 0.6) is 0 Å². The smallest absolute Gasteiger partial charge is 0.210 e. The van der Waals surface area contributed by atoms with Crippen LogP contribution in [-0.4, -0.2) is 80.5 Å². The van der Waals surface area contributed by atoms with Crippen LogP contribution in [0.15, 0.2) is 180 Å². The second kappa shape index (κ2) is 22.1. The fourth-order valence-corrected chi connectivity index (χ4v) is 12.3. The van der Waals surface area contributed by atoms with Gasteiger partial charge in [-0.1, -0.05) is 117 Å². The van der Waals surface area contributed by atoms with Gasteiger partial charge in [0.2, 0.25) is 5.69 Å². The van der Waals surface area contributed by atoms with Gasteiger partial charge in [0.25, 0.3) is 0 Å². The molecule has 3 aliphatic rings. The summed E-state index contributed by atoms with van der Waals surface area (Å²) in [5.41, 5.74) is 10.7. The van der Waals surface area contributed by atoms with Gasteiger partial charge in [-0.15, -0.1) is 0 Å². The maximum absolute atomic E-state index is 11.8. The third-order valence-electron chi connectivity index (χ3n) is 15.0. The van der Waals surface area contributed by atoms with Crippen LogP contribution < -0.4 is 14.7 Å². The Bertz CT molecular complexity index is 3330. The fourth-order valence-electron chi connectivity index (χ4n) is 11.3. The highest BCUT2D eigenvalue weighted by Crippen LogP contribution is 2.52. The maximum Gasteiger partial charge on any atom is 0.210 e. The maximum atomic E-state index is 11.8. The van der Waals surface area contributed by atoms with E-state index in [1.54, 1.807) is 4.90 Å². The zero-order chi connectivity index (χ0) is 52.1. The molecule has 6 aromatic rings. The first kappa shape index (κ1) is 53.2. The van der Waals surface area contributed by atoms with Crippen LogP contribution >= 0.6 is 0 Å². The number of nitrogens with one attached hydrogen (secondary N) is 1. The highest BCUT2D eigenvalue weighted by Gasteiger charge is 2.46. The van der Waals surface area contributed by atoms with E-state index < -0.39 is 42.6 Å². The molecule has 2 aliphatic heterocycles. The van der Waals surface area contributed by atoms with Crippen molar-refractivity contribution in [2.75, 3.05) is 54.0 Å². The molecule has 73 heavy (non-hydrogen) atoms. The lowest BCUT2D eigenvalue weighted by Gasteiger charge is -2.29. The molecular weight excluding hydrogens is 949 g/mol. The highest BCUT2D eigenvalue weighted by atomic mass is 32.2. The molecule has 6 aromatic carbocycles. The van der Waals surface area contributed by atoms with E-state index in [0.29, 0.717) is 13.1 Å². The molecular formula is C61H70N4O6S2. The van der Waals surface area contributed by atoms with Crippen molar-refractivity contribution in [3.63, 3.8) is 0 Å². The van der Waals surface area contributed by atoms with Gasteiger partial charge in [-0.3, -0.25) is 0 Å². The molecule has 382 valence electrons. The molecule has 0 aromatic heterocycles. The number of benzene rings is 6. The summed E-state index contributed by atoms with van der Waals surface area (Å²) in [6, 6.07) is 45.8. The summed E-state index contributed by atoms with van der Waals surface area (Å²) < 4.78 is 73.2. The summed E-state index contributed by atoms with van der Waals surface area (Å²) >= 11 is 0. The highest BCUT2D eigenvalue weighted by molar-refractivity contribution is 7.85. The number of quaternary nitrogens is 1. The Morgan fingerprint density at radius 1 is 0.616 bits per heavy atom. The zero-order valence-electron chi connectivity index (χ0n) is 43.4. The summed E-state index contributed by atoms with van der Waals surface area (Å²) in [5.74, 6) is -0.890. The summed E-state index contributed by atoms with van der Waals surface area (Å²) in [6.45, 7) is 20.1. The molecule has 0 spiro atoms. The fraction of sp³-hybridized carbons (Fsp3) is 0.328. The van der Waals surface area contributed by atoms with Crippen molar-refractivity contribution in [3.05, 3.63) is 191 Å². The Labute approximate surface area is 433 Å². The summed E-state index contributed by atoms with van der Waals surface area (Å²) in [6.07, 6.45) is 10.7. The minimum atomic E-state index is -4.40. The first-order valence-corrected chi connectivity index (χ1v) is 28.9. The van der Waals surface area contributed by atoms with E-state index >= 15 is 0 Å². The molecule has 0 atom stereocenters.